The summed E-state index contributed by atoms with van der Waals surface area (Å²) < 4.78 is 0. The van der Waals surface area contributed by atoms with Gasteiger partial charge in [-0.2, -0.15) is 0 Å². The first kappa shape index (κ1) is 26.8. The van der Waals surface area contributed by atoms with Crippen molar-refractivity contribution in [3.63, 3.8) is 0 Å². The second kappa shape index (κ2) is 12.4. The van der Waals surface area contributed by atoms with Gasteiger partial charge in [-0.3, -0.25) is 4.79 Å². The fourth-order valence-corrected chi connectivity index (χ4v) is 5.11. The van der Waals surface area contributed by atoms with Gasteiger partial charge in [0.25, 0.3) is 0 Å². The maximum Gasteiger partial charge on any atom is 0.150 e. The third-order valence-electron chi connectivity index (χ3n) is 7.28. The molecule has 0 spiro atoms. The molecule has 0 atom stereocenters. The molecule has 6 aromatic rings. The van der Waals surface area contributed by atoms with Crippen LogP contribution in [0.15, 0.2) is 158 Å². The molecule has 4 nitrogen and oxygen atoms in total. The predicted molar refractivity (Wildman–Crippen MR) is 173 cm³/mol. The molecular formula is C38H30N2O2. The van der Waals surface area contributed by atoms with Crippen molar-refractivity contribution >= 4 is 40.4 Å². The number of anilines is 6. The fraction of sp³-hybridized carbons (Fsp3) is 0.0263. The van der Waals surface area contributed by atoms with E-state index in [2.05, 4.69) is 82.6 Å². The van der Waals surface area contributed by atoms with Crippen molar-refractivity contribution in [2.75, 3.05) is 9.80 Å². The number of hydrogen-bond acceptors (Lipinski definition) is 4. The highest BCUT2D eigenvalue weighted by molar-refractivity contribution is 5.82. The van der Waals surface area contributed by atoms with Crippen LogP contribution in [0.25, 0.3) is 11.1 Å². The van der Waals surface area contributed by atoms with Gasteiger partial charge >= 0.3 is 0 Å². The summed E-state index contributed by atoms with van der Waals surface area (Å²) in [5.41, 5.74) is 9.97. The molecule has 0 aromatic heterocycles. The van der Waals surface area contributed by atoms with Gasteiger partial charge in [0.05, 0.1) is 6.61 Å². The third kappa shape index (κ3) is 5.71. The first-order valence-electron chi connectivity index (χ1n) is 13.9. The van der Waals surface area contributed by atoms with Crippen molar-refractivity contribution in [2.45, 2.75) is 6.61 Å². The second-order valence-corrected chi connectivity index (χ2v) is 9.97. The lowest BCUT2D eigenvalue weighted by molar-refractivity contribution is 0.112. The first-order valence-corrected chi connectivity index (χ1v) is 13.9. The normalized spacial score (nSPS) is 10.7. The molecule has 0 heterocycles. The van der Waals surface area contributed by atoms with Gasteiger partial charge in [0.1, 0.15) is 6.29 Å². The predicted octanol–water partition coefficient (Wildman–Crippen LogP) is 9.60. The molecule has 6 aromatic carbocycles. The zero-order valence-electron chi connectivity index (χ0n) is 23.0. The largest absolute Gasteiger partial charge is 0.392 e. The molecule has 0 saturated carbocycles. The van der Waals surface area contributed by atoms with Crippen LogP contribution < -0.4 is 9.80 Å². The zero-order valence-corrected chi connectivity index (χ0v) is 23.0. The van der Waals surface area contributed by atoms with Gasteiger partial charge in [-0.1, -0.05) is 72.8 Å². The molecule has 4 heteroatoms. The van der Waals surface area contributed by atoms with E-state index in [1.807, 2.05) is 84.9 Å². The number of nitrogens with zero attached hydrogens (tertiary/aromatic N) is 2. The van der Waals surface area contributed by atoms with E-state index >= 15 is 0 Å². The standard InChI is InChI=1S/C38H30N2O2/c41-27-29-11-19-35(20-12-29)39(33-7-3-1-4-8-33)37-23-15-31(16-24-37)32-17-25-38(26-18-32)40(34-9-5-2-6-10-34)36-21-13-30(28-42)14-22-36/h1-27,42H,28H2. The molecule has 0 bridgehead atoms. The summed E-state index contributed by atoms with van der Waals surface area (Å²) in [4.78, 5) is 15.6. The van der Waals surface area contributed by atoms with Gasteiger partial charge in [0.2, 0.25) is 0 Å². The Morgan fingerprint density at radius 1 is 0.429 bits per heavy atom. The zero-order chi connectivity index (χ0) is 28.7. The number of carbonyl (C=O) groups excluding carboxylic acids is 1. The third-order valence-corrected chi connectivity index (χ3v) is 7.28. The second-order valence-electron chi connectivity index (χ2n) is 9.97. The van der Waals surface area contributed by atoms with Crippen LogP contribution in [-0.2, 0) is 6.61 Å². The average molecular weight is 547 g/mol. The Kier molecular flexibility index (Phi) is 7.89. The molecule has 0 radical (unpaired) electrons. The highest BCUT2D eigenvalue weighted by atomic mass is 16.3. The fourth-order valence-electron chi connectivity index (χ4n) is 5.11. The number of carbonyl (C=O) groups is 1. The van der Waals surface area contributed by atoms with Crippen LogP contribution in [0.1, 0.15) is 15.9 Å². The molecule has 1 N–H and O–H groups in total. The van der Waals surface area contributed by atoms with Crippen LogP contribution in [0.3, 0.4) is 0 Å². The maximum absolute atomic E-state index is 11.2. The molecular weight excluding hydrogens is 516 g/mol. The minimum Gasteiger partial charge on any atom is -0.392 e. The molecule has 0 saturated heterocycles. The molecule has 0 aliphatic carbocycles. The molecule has 0 amide bonds. The number of aldehydes is 1. The molecule has 0 fully saturated rings. The monoisotopic (exact) mass is 546 g/mol. The lowest BCUT2D eigenvalue weighted by Gasteiger charge is -2.26. The van der Waals surface area contributed by atoms with Gasteiger partial charge in [0, 0.05) is 39.7 Å². The smallest absolute Gasteiger partial charge is 0.150 e. The van der Waals surface area contributed by atoms with Crippen LogP contribution in [0.5, 0.6) is 0 Å². The van der Waals surface area contributed by atoms with E-state index in [1.165, 1.54) is 0 Å². The lowest BCUT2D eigenvalue weighted by atomic mass is 10.0. The summed E-state index contributed by atoms with van der Waals surface area (Å²) in [6.07, 6.45) is 0.864. The van der Waals surface area contributed by atoms with Gasteiger partial charge in [-0.05, 0) is 102 Å². The summed E-state index contributed by atoms with van der Waals surface area (Å²) in [7, 11) is 0. The average Bonchev–Trinajstić information content (AvgIpc) is 3.07. The summed E-state index contributed by atoms with van der Waals surface area (Å²) in [5, 5.41) is 9.49. The number of hydrogen-bond donors (Lipinski definition) is 1. The van der Waals surface area contributed by atoms with E-state index in [0.717, 1.165) is 57.1 Å². The van der Waals surface area contributed by atoms with E-state index in [0.29, 0.717) is 5.56 Å². The highest BCUT2D eigenvalue weighted by Crippen LogP contribution is 2.37. The lowest BCUT2D eigenvalue weighted by Crippen LogP contribution is -2.10. The van der Waals surface area contributed by atoms with E-state index in [4.69, 9.17) is 0 Å². The Hall–Kier alpha value is -5.45. The van der Waals surface area contributed by atoms with E-state index in [9.17, 15) is 9.90 Å². The van der Waals surface area contributed by atoms with Crippen molar-refractivity contribution in [3.05, 3.63) is 169 Å². The molecule has 6 rings (SSSR count). The van der Waals surface area contributed by atoms with Crippen molar-refractivity contribution in [3.8, 4) is 11.1 Å². The number of benzene rings is 6. The number of rotatable bonds is 9. The van der Waals surface area contributed by atoms with Crippen molar-refractivity contribution in [1.82, 2.24) is 0 Å². The van der Waals surface area contributed by atoms with Gasteiger partial charge in [-0.25, -0.2) is 0 Å². The minimum atomic E-state index is 0.0225. The quantitative estimate of drug-likeness (QED) is 0.183. The van der Waals surface area contributed by atoms with Crippen molar-refractivity contribution in [2.24, 2.45) is 0 Å². The summed E-state index contributed by atoms with van der Waals surface area (Å²) >= 11 is 0. The maximum atomic E-state index is 11.2. The van der Waals surface area contributed by atoms with E-state index < -0.39 is 0 Å². The number of aliphatic hydroxyl groups is 1. The summed E-state index contributed by atoms with van der Waals surface area (Å²) in [6, 6.07) is 53.2. The van der Waals surface area contributed by atoms with Crippen LogP contribution in [-0.4, -0.2) is 11.4 Å². The first-order chi connectivity index (χ1) is 20.7. The Bertz CT molecular complexity index is 1730. The van der Waals surface area contributed by atoms with Crippen molar-refractivity contribution in [1.29, 1.82) is 0 Å². The Balaban J connectivity index is 1.30. The Morgan fingerprint density at radius 2 is 0.762 bits per heavy atom. The molecule has 0 aliphatic heterocycles. The van der Waals surface area contributed by atoms with E-state index in [-0.39, 0.29) is 6.61 Å². The van der Waals surface area contributed by atoms with Gasteiger partial charge in [-0.15, -0.1) is 0 Å². The van der Waals surface area contributed by atoms with Crippen LogP contribution in [0, 0.1) is 0 Å². The molecule has 0 unspecified atom stereocenters. The topological polar surface area (TPSA) is 43.8 Å². The van der Waals surface area contributed by atoms with E-state index in [1.54, 1.807) is 0 Å². The van der Waals surface area contributed by atoms with Crippen LogP contribution >= 0.6 is 0 Å². The summed E-state index contributed by atoms with van der Waals surface area (Å²) in [5.74, 6) is 0. The molecule has 42 heavy (non-hydrogen) atoms. The van der Waals surface area contributed by atoms with Crippen molar-refractivity contribution < 1.29 is 9.90 Å². The van der Waals surface area contributed by atoms with Crippen LogP contribution in [0.4, 0.5) is 34.1 Å². The Morgan fingerprint density at radius 3 is 1.12 bits per heavy atom. The van der Waals surface area contributed by atoms with Gasteiger partial charge < -0.3 is 14.9 Å². The van der Waals surface area contributed by atoms with Gasteiger partial charge in [0.15, 0.2) is 0 Å². The Labute approximate surface area is 246 Å². The minimum absolute atomic E-state index is 0.0225. The number of para-hydroxylation sites is 2. The summed E-state index contributed by atoms with van der Waals surface area (Å²) in [6.45, 7) is 0.0225. The SMILES string of the molecule is O=Cc1ccc(N(c2ccccc2)c2ccc(-c3ccc(N(c4ccccc4)c4ccc(CO)cc4)cc3)cc2)cc1. The highest BCUT2D eigenvalue weighted by Gasteiger charge is 2.14. The molecule has 0 aliphatic rings. The van der Waals surface area contributed by atoms with Crippen LogP contribution in [0.2, 0.25) is 0 Å². The molecule has 204 valence electrons. The number of aliphatic hydroxyl groups excluding tert-OH is 1.